The highest BCUT2D eigenvalue weighted by atomic mass is 32.1. The van der Waals surface area contributed by atoms with E-state index in [0.717, 1.165) is 78.0 Å². The first-order chi connectivity index (χ1) is 36.3. The third-order valence-electron chi connectivity index (χ3n) is 15.3. The second-order valence-electron chi connectivity index (χ2n) is 20.5. The number of hydrogen-bond acceptors (Lipinski definition) is 6. The molecule has 0 unspecified atom stereocenters. The summed E-state index contributed by atoms with van der Waals surface area (Å²) in [5.74, 6) is 0.884. The summed E-state index contributed by atoms with van der Waals surface area (Å²) in [4.78, 5) is 4.72. The zero-order valence-electron chi connectivity index (χ0n) is 41.3. The molecule has 0 fully saturated rings. The van der Waals surface area contributed by atoms with Gasteiger partial charge in [-0.3, -0.25) is 0 Å². The van der Waals surface area contributed by atoms with Gasteiger partial charge in [0.1, 0.15) is 11.2 Å². The number of thiophene rings is 2. The Morgan fingerprint density at radius 1 is 0.311 bits per heavy atom. The minimum Gasteiger partial charge on any atom is -0.454 e. The number of nitrogens with zero attached hydrogens (tertiary/aromatic N) is 2. The van der Waals surface area contributed by atoms with Crippen LogP contribution in [0.5, 0.6) is 0 Å². The third kappa shape index (κ3) is 6.78. The maximum Gasteiger partial charge on any atom is 0.159 e. The van der Waals surface area contributed by atoms with E-state index in [9.17, 15) is 0 Å². The maximum absolute atomic E-state index is 6.65. The highest BCUT2D eigenvalue weighted by molar-refractivity contribution is 7.27. The lowest BCUT2D eigenvalue weighted by molar-refractivity contribution is 0.668. The van der Waals surface area contributed by atoms with E-state index in [1.54, 1.807) is 0 Å². The van der Waals surface area contributed by atoms with Crippen molar-refractivity contribution < 1.29 is 8.83 Å². The lowest BCUT2D eigenvalue weighted by atomic mass is 10.0. The van der Waals surface area contributed by atoms with Crippen LogP contribution in [0.4, 0.5) is 34.1 Å². The molecule has 0 aliphatic carbocycles. The highest BCUT2D eigenvalue weighted by Crippen LogP contribution is 2.48. The van der Waals surface area contributed by atoms with Gasteiger partial charge in [0.05, 0.1) is 11.4 Å². The van der Waals surface area contributed by atoms with Gasteiger partial charge in [0, 0.05) is 84.6 Å². The molecule has 4 aromatic heterocycles. The summed E-state index contributed by atoms with van der Waals surface area (Å²) in [7, 11) is 0. The van der Waals surface area contributed by atoms with Gasteiger partial charge in [-0.2, -0.15) is 0 Å². The van der Waals surface area contributed by atoms with Crippen LogP contribution in [-0.4, -0.2) is 0 Å². The molecule has 0 amide bonds. The first-order valence-corrected chi connectivity index (χ1v) is 27.2. The highest BCUT2D eigenvalue weighted by Gasteiger charge is 2.23. The van der Waals surface area contributed by atoms with Gasteiger partial charge < -0.3 is 18.6 Å². The molecule has 0 saturated heterocycles. The van der Waals surface area contributed by atoms with Crippen LogP contribution in [0.15, 0.2) is 215 Å². The van der Waals surface area contributed by atoms with Crippen LogP contribution >= 0.6 is 22.7 Å². The lowest BCUT2D eigenvalue weighted by Gasteiger charge is -2.26. The molecule has 0 aliphatic rings. The molecule has 0 N–H and O–H groups in total. The average molecular weight is 989 g/mol. The van der Waals surface area contributed by atoms with Gasteiger partial charge in [-0.05, 0) is 154 Å². The molecule has 0 radical (unpaired) electrons. The topological polar surface area (TPSA) is 32.8 Å². The van der Waals surface area contributed by atoms with Crippen LogP contribution < -0.4 is 9.80 Å². The zero-order chi connectivity index (χ0) is 49.3. The van der Waals surface area contributed by atoms with Crippen molar-refractivity contribution in [1.29, 1.82) is 0 Å². The minimum atomic E-state index is 0.442. The monoisotopic (exact) mass is 988 g/mol. The summed E-state index contributed by atoms with van der Waals surface area (Å²) >= 11 is 3.78. The number of rotatable bonds is 8. The van der Waals surface area contributed by atoms with Gasteiger partial charge in [-0.1, -0.05) is 125 Å². The van der Waals surface area contributed by atoms with Gasteiger partial charge in [-0.15, -0.1) is 22.7 Å². The van der Waals surface area contributed by atoms with E-state index in [1.165, 1.54) is 73.0 Å². The normalized spacial score (nSPS) is 12.3. The number of hydrogen-bond donors (Lipinski definition) is 0. The van der Waals surface area contributed by atoms with Crippen LogP contribution in [0.1, 0.15) is 50.7 Å². The standard InChI is InChI=1S/C68H48N2O2S2/c1-39(2)41-19-25-47(26-20-41)69(59-15-9-13-53-51-11-5-7-17-61(51)71-67(53)59)49-29-23-43-33-55-57-37-66-58(38-65(57)73-63(55)35-45(43)31-49)56-34-44-24-30-50(32-46(44)36-64(56)74-66)70(48-27-21-42(22-28-48)40(3)4)60-16-10-14-54-52-12-6-8-18-62(52)72-68(54)60/h5-40H,1-4H3. The zero-order valence-corrected chi connectivity index (χ0v) is 42.9. The van der Waals surface area contributed by atoms with Crippen molar-refractivity contribution in [1.82, 2.24) is 0 Å². The summed E-state index contributed by atoms with van der Waals surface area (Å²) in [5, 5.41) is 14.6. The SMILES string of the molecule is CC(C)c1ccc(N(c2ccc3cc4c(cc3c2)sc2cc3c(cc24)sc2cc4cc(N(c5ccc(C(C)C)cc5)c5cccc6c5oc5ccccc56)ccc4cc23)c2cccc3c2oc2ccccc23)cc1. The van der Waals surface area contributed by atoms with Crippen LogP contribution in [0.3, 0.4) is 0 Å². The summed E-state index contributed by atoms with van der Waals surface area (Å²) < 4.78 is 18.5. The predicted octanol–water partition coefficient (Wildman–Crippen LogP) is 21.7. The Labute approximate surface area is 435 Å². The predicted molar refractivity (Wildman–Crippen MR) is 319 cm³/mol. The number of fused-ring (bicyclic) bond motifs is 14. The van der Waals surface area contributed by atoms with Crippen LogP contribution in [0, 0.1) is 0 Å². The minimum absolute atomic E-state index is 0.442. The summed E-state index contributed by atoms with van der Waals surface area (Å²) in [6, 6.07) is 76.0. The fraction of sp³-hybridized carbons (Fsp3) is 0.0882. The van der Waals surface area contributed by atoms with Gasteiger partial charge >= 0.3 is 0 Å². The van der Waals surface area contributed by atoms with Crippen molar-refractivity contribution in [2.45, 2.75) is 39.5 Å². The molecule has 0 bridgehead atoms. The Balaban J connectivity index is 0.831. The van der Waals surface area contributed by atoms with Gasteiger partial charge in [0.2, 0.25) is 0 Å². The Kier molecular flexibility index (Phi) is 9.66. The van der Waals surface area contributed by atoms with E-state index >= 15 is 0 Å². The fourth-order valence-electron chi connectivity index (χ4n) is 11.5. The van der Waals surface area contributed by atoms with Crippen molar-refractivity contribution >= 4 is 163 Å². The quantitative estimate of drug-likeness (QED) is 0.152. The summed E-state index contributed by atoms with van der Waals surface area (Å²) in [6.07, 6.45) is 0. The molecule has 15 aromatic rings. The third-order valence-corrected chi connectivity index (χ3v) is 17.6. The van der Waals surface area contributed by atoms with Crippen LogP contribution in [0.25, 0.3) is 106 Å². The Hall–Kier alpha value is -8.42. The second-order valence-corrected chi connectivity index (χ2v) is 22.6. The molecule has 74 heavy (non-hydrogen) atoms. The molecule has 15 rings (SSSR count). The largest absolute Gasteiger partial charge is 0.454 e. The molecule has 0 atom stereocenters. The maximum atomic E-state index is 6.65. The first-order valence-electron chi connectivity index (χ1n) is 25.6. The van der Waals surface area contributed by atoms with Crippen molar-refractivity contribution in [3.8, 4) is 0 Å². The van der Waals surface area contributed by atoms with Crippen molar-refractivity contribution in [3.05, 3.63) is 217 Å². The molecule has 11 aromatic carbocycles. The lowest BCUT2D eigenvalue weighted by Crippen LogP contribution is -2.10. The Morgan fingerprint density at radius 3 is 1.12 bits per heavy atom. The fourth-order valence-corrected chi connectivity index (χ4v) is 13.8. The molecule has 354 valence electrons. The van der Waals surface area contributed by atoms with Crippen molar-refractivity contribution in [3.63, 3.8) is 0 Å². The first kappa shape index (κ1) is 43.2. The van der Waals surface area contributed by atoms with Gasteiger partial charge in [-0.25, -0.2) is 0 Å². The number of para-hydroxylation sites is 4. The van der Waals surface area contributed by atoms with E-state index in [4.69, 9.17) is 8.83 Å². The van der Waals surface area contributed by atoms with Gasteiger partial charge in [0.15, 0.2) is 11.2 Å². The summed E-state index contributed by atoms with van der Waals surface area (Å²) in [5.41, 5.74) is 12.6. The van der Waals surface area contributed by atoms with E-state index < -0.39 is 0 Å². The molecule has 4 nitrogen and oxygen atoms in total. The molecule has 6 heteroatoms. The van der Waals surface area contributed by atoms with E-state index in [1.807, 2.05) is 34.8 Å². The van der Waals surface area contributed by atoms with E-state index in [-0.39, 0.29) is 0 Å². The van der Waals surface area contributed by atoms with Gasteiger partial charge in [0.25, 0.3) is 0 Å². The number of anilines is 6. The van der Waals surface area contributed by atoms with Crippen molar-refractivity contribution in [2.75, 3.05) is 9.80 Å². The second kappa shape index (κ2) is 16.6. The number of benzene rings is 11. The molecule has 4 heterocycles. The van der Waals surface area contributed by atoms with Crippen LogP contribution in [0.2, 0.25) is 0 Å². The Bertz CT molecular complexity index is 4440. The molecule has 0 saturated carbocycles. The van der Waals surface area contributed by atoms with Crippen LogP contribution in [-0.2, 0) is 0 Å². The smallest absolute Gasteiger partial charge is 0.159 e. The molecule has 0 spiro atoms. The molecular weight excluding hydrogens is 941 g/mol. The van der Waals surface area contributed by atoms with E-state index in [2.05, 4.69) is 232 Å². The average Bonchev–Trinajstić information content (AvgIpc) is 4.19. The summed E-state index contributed by atoms with van der Waals surface area (Å²) in [6.45, 7) is 8.98. The van der Waals surface area contributed by atoms with E-state index in [0.29, 0.717) is 11.8 Å². The van der Waals surface area contributed by atoms with Crippen molar-refractivity contribution in [2.24, 2.45) is 0 Å². The molecular formula is C68H48N2O2S2. The molecule has 0 aliphatic heterocycles. The Morgan fingerprint density at radius 2 is 0.689 bits per heavy atom. The number of furan rings is 2.